The number of ether oxygens (including phenoxy) is 1. The maximum absolute atomic E-state index is 11.1. The first-order valence-electron chi connectivity index (χ1n) is 6.00. The van der Waals surface area contributed by atoms with Gasteiger partial charge in [0.15, 0.2) is 0 Å². The van der Waals surface area contributed by atoms with Crippen LogP contribution in [0, 0.1) is 0 Å². The summed E-state index contributed by atoms with van der Waals surface area (Å²) in [5, 5.41) is 18.6. The summed E-state index contributed by atoms with van der Waals surface area (Å²) in [7, 11) is 0. The molecule has 0 atom stereocenters. The third-order valence-corrected chi connectivity index (χ3v) is 3.11. The summed E-state index contributed by atoms with van der Waals surface area (Å²) in [6.07, 6.45) is 2.59. The summed E-state index contributed by atoms with van der Waals surface area (Å²) in [6, 6.07) is 2.57. The van der Waals surface area contributed by atoms with Gasteiger partial charge in [-0.3, -0.25) is 0 Å². The number of halogens is 1. The van der Waals surface area contributed by atoms with E-state index in [1.807, 2.05) is 0 Å². The highest BCUT2D eigenvalue weighted by Gasteiger charge is 2.15. The fraction of sp³-hybridized carbons (Fsp3) is 0.286. The number of benzene rings is 1. The number of phenolic OH excluding ortho intramolecular Hbond substituents is 1. The number of rotatable bonds is 7. The summed E-state index contributed by atoms with van der Waals surface area (Å²) < 4.78 is 4.81. The molecule has 0 saturated carbocycles. The summed E-state index contributed by atoms with van der Waals surface area (Å²) in [5.41, 5.74) is 0.449. The highest BCUT2D eigenvalue weighted by atomic mass is 35.5. The van der Waals surface area contributed by atoms with Gasteiger partial charge in [0.25, 0.3) is 0 Å². The lowest BCUT2D eigenvalue weighted by Gasteiger charge is -2.10. The second-order valence-electron chi connectivity index (χ2n) is 4.06. The van der Waals surface area contributed by atoms with Crippen LogP contribution < -0.4 is 0 Å². The molecule has 6 heteroatoms. The predicted octanol–water partition coefficient (Wildman–Crippen LogP) is 2.80. The van der Waals surface area contributed by atoms with E-state index in [9.17, 15) is 14.7 Å². The molecule has 0 amide bonds. The summed E-state index contributed by atoms with van der Waals surface area (Å²) in [4.78, 5) is 21.9. The van der Waals surface area contributed by atoms with E-state index in [1.165, 1.54) is 12.1 Å². The number of carboxylic acid groups (broad SMARTS) is 1. The van der Waals surface area contributed by atoms with Crippen molar-refractivity contribution in [1.82, 2.24) is 0 Å². The molecular formula is C14H15ClO5. The quantitative estimate of drug-likeness (QED) is 0.459. The van der Waals surface area contributed by atoms with Gasteiger partial charge in [0, 0.05) is 6.08 Å². The Balaban J connectivity index is 2.63. The van der Waals surface area contributed by atoms with Crippen LogP contribution in [0.4, 0.5) is 0 Å². The van der Waals surface area contributed by atoms with Gasteiger partial charge in [-0.05, 0) is 37.0 Å². The molecule has 0 heterocycles. The van der Waals surface area contributed by atoms with Crippen LogP contribution in [-0.4, -0.2) is 28.8 Å². The zero-order valence-electron chi connectivity index (χ0n) is 10.8. The van der Waals surface area contributed by atoms with Crippen molar-refractivity contribution in [3.8, 4) is 5.75 Å². The van der Waals surface area contributed by atoms with Gasteiger partial charge in [0.1, 0.15) is 5.75 Å². The minimum Gasteiger partial charge on any atom is -0.506 e. The molecule has 0 aliphatic rings. The third kappa shape index (κ3) is 4.28. The third-order valence-electron chi connectivity index (χ3n) is 2.69. The molecule has 0 bridgehead atoms. The molecule has 0 unspecified atom stereocenters. The van der Waals surface area contributed by atoms with Gasteiger partial charge in [-0.1, -0.05) is 18.2 Å². The molecule has 2 N–H and O–H groups in total. The van der Waals surface area contributed by atoms with Gasteiger partial charge in [-0.2, -0.15) is 0 Å². The lowest BCUT2D eigenvalue weighted by Crippen LogP contribution is -2.05. The van der Waals surface area contributed by atoms with E-state index >= 15 is 0 Å². The zero-order valence-corrected chi connectivity index (χ0v) is 11.5. The van der Waals surface area contributed by atoms with Crippen molar-refractivity contribution in [1.29, 1.82) is 0 Å². The van der Waals surface area contributed by atoms with E-state index in [2.05, 4.69) is 6.58 Å². The Bertz CT molecular complexity index is 525. The molecule has 0 spiro atoms. The number of phenols is 1. The summed E-state index contributed by atoms with van der Waals surface area (Å²) in [5.74, 6) is -1.74. The molecule has 108 valence electrons. The first kappa shape index (κ1) is 16.0. The molecule has 5 nitrogen and oxygen atoms in total. The van der Waals surface area contributed by atoms with E-state index in [1.54, 1.807) is 0 Å². The van der Waals surface area contributed by atoms with Crippen LogP contribution in [-0.2, 0) is 16.0 Å². The van der Waals surface area contributed by atoms with Crippen molar-refractivity contribution >= 4 is 23.5 Å². The minimum absolute atomic E-state index is 0.0491. The number of hydrogen-bond acceptors (Lipinski definition) is 4. The van der Waals surface area contributed by atoms with E-state index in [0.29, 0.717) is 24.8 Å². The molecule has 1 aromatic carbocycles. The van der Waals surface area contributed by atoms with Crippen LogP contribution in [0.25, 0.3) is 0 Å². The first-order valence-corrected chi connectivity index (χ1v) is 6.38. The Hall–Kier alpha value is -2.01. The van der Waals surface area contributed by atoms with Crippen molar-refractivity contribution in [3.63, 3.8) is 0 Å². The normalized spacial score (nSPS) is 10.1. The molecule has 0 aliphatic heterocycles. The number of hydrogen-bond donors (Lipinski definition) is 2. The largest absolute Gasteiger partial charge is 0.506 e. The van der Waals surface area contributed by atoms with Gasteiger partial charge in [0.05, 0.1) is 17.2 Å². The number of aromatic hydroxyl groups is 1. The highest BCUT2D eigenvalue weighted by molar-refractivity contribution is 6.33. The monoisotopic (exact) mass is 298 g/mol. The van der Waals surface area contributed by atoms with Crippen LogP contribution in [0.2, 0.25) is 5.02 Å². The molecule has 0 fully saturated rings. The van der Waals surface area contributed by atoms with Crippen molar-refractivity contribution in [2.45, 2.75) is 19.3 Å². The predicted molar refractivity (Wildman–Crippen MR) is 74.2 cm³/mol. The second-order valence-corrected chi connectivity index (χ2v) is 4.44. The number of esters is 1. The second kappa shape index (κ2) is 7.55. The molecular weight excluding hydrogens is 284 g/mol. The van der Waals surface area contributed by atoms with Crippen molar-refractivity contribution in [2.24, 2.45) is 0 Å². The lowest BCUT2D eigenvalue weighted by molar-refractivity contribution is -0.137. The Kier molecular flexibility index (Phi) is 6.06. The molecule has 20 heavy (non-hydrogen) atoms. The Morgan fingerprint density at radius 1 is 1.35 bits per heavy atom. The van der Waals surface area contributed by atoms with E-state index in [-0.39, 0.29) is 22.9 Å². The van der Waals surface area contributed by atoms with Crippen LogP contribution in [0.5, 0.6) is 5.75 Å². The van der Waals surface area contributed by atoms with Crippen molar-refractivity contribution in [3.05, 3.63) is 40.9 Å². The molecule has 0 saturated heterocycles. The Morgan fingerprint density at radius 3 is 2.65 bits per heavy atom. The molecule has 0 aromatic heterocycles. The van der Waals surface area contributed by atoms with Crippen LogP contribution >= 0.6 is 11.6 Å². The van der Waals surface area contributed by atoms with Gasteiger partial charge < -0.3 is 14.9 Å². The van der Waals surface area contributed by atoms with Gasteiger partial charge in [-0.25, -0.2) is 9.59 Å². The van der Waals surface area contributed by atoms with Crippen LogP contribution in [0.15, 0.2) is 24.8 Å². The fourth-order valence-electron chi connectivity index (χ4n) is 1.69. The molecule has 1 aromatic rings. The van der Waals surface area contributed by atoms with Gasteiger partial charge >= 0.3 is 11.9 Å². The fourth-order valence-corrected chi connectivity index (χ4v) is 1.95. The zero-order chi connectivity index (χ0) is 15.1. The van der Waals surface area contributed by atoms with Crippen molar-refractivity contribution < 1.29 is 24.5 Å². The average molecular weight is 299 g/mol. The topological polar surface area (TPSA) is 83.8 Å². The maximum atomic E-state index is 11.1. The summed E-state index contributed by atoms with van der Waals surface area (Å²) >= 11 is 5.92. The van der Waals surface area contributed by atoms with Crippen LogP contribution in [0.1, 0.15) is 28.8 Å². The number of carboxylic acids is 1. The molecule has 0 aliphatic carbocycles. The molecule has 0 radical (unpaired) electrons. The van der Waals surface area contributed by atoms with Crippen LogP contribution in [0.3, 0.4) is 0 Å². The maximum Gasteiger partial charge on any atom is 0.336 e. The SMILES string of the molecule is C=CC(=O)OCCCCc1c(C(=O)O)ccc(O)c1Cl. The first-order chi connectivity index (χ1) is 9.47. The van der Waals surface area contributed by atoms with E-state index in [0.717, 1.165) is 6.08 Å². The van der Waals surface area contributed by atoms with Gasteiger partial charge in [0.2, 0.25) is 0 Å². The standard InChI is InChI=1S/C14H15ClO5/c1-2-12(17)20-8-4-3-5-9-10(14(18)19)6-7-11(16)13(9)15/h2,6-7,16H,1,3-5,8H2,(H,18,19). The number of unbranched alkanes of at least 4 members (excludes halogenated alkanes) is 1. The van der Waals surface area contributed by atoms with Gasteiger partial charge in [-0.15, -0.1) is 0 Å². The number of carbonyl (C=O) groups excluding carboxylic acids is 1. The average Bonchev–Trinajstić information content (AvgIpc) is 2.42. The highest BCUT2D eigenvalue weighted by Crippen LogP contribution is 2.31. The smallest absolute Gasteiger partial charge is 0.336 e. The Morgan fingerprint density at radius 2 is 2.05 bits per heavy atom. The van der Waals surface area contributed by atoms with Crippen molar-refractivity contribution in [2.75, 3.05) is 6.61 Å². The number of carbonyl (C=O) groups is 2. The lowest BCUT2D eigenvalue weighted by atomic mass is 10.0. The minimum atomic E-state index is -1.10. The Labute approximate surface area is 121 Å². The van der Waals surface area contributed by atoms with E-state index < -0.39 is 11.9 Å². The number of aromatic carboxylic acids is 1. The summed E-state index contributed by atoms with van der Waals surface area (Å²) in [6.45, 7) is 3.50. The molecule has 1 rings (SSSR count). The van der Waals surface area contributed by atoms with E-state index in [4.69, 9.17) is 21.4 Å².